The molecule has 0 saturated heterocycles. The second-order valence-corrected chi connectivity index (χ2v) is 4.32. The highest BCUT2D eigenvalue weighted by Crippen LogP contribution is 2.15. The van der Waals surface area contributed by atoms with Gasteiger partial charge >= 0.3 is 5.97 Å². The largest absolute Gasteiger partial charge is 0.497 e. The Labute approximate surface area is 112 Å². The number of amides is 1. The van der Waals surface area contributed by atoms with Crippen LogP contribution in [0, 0.1) is 5.92 Å². The lowest BCUT2D eigenvalue weighted by atomic mass is 10.1. The molecule has 0 bridgehead atoms. The summed E-state index contributed by atoms with van der Waals surface area (Å²) >= 11 is 0. The van der Waals surface area contributed by atoms with Crippen molar-refractivity contribution in [1.29, 1.82) is 0 Å². The number of hydrogen-bond donors (Lipinski definition) is 1. The Balaban J connectivity index is 2.85. The van der Waals surface area contributed by atoms with E-state index in [9.17, 15) is 9.59 Å². The van der Waals surface area contributed by atoms with Crippen molar-refractivity contribution in [3.05, 3.63) is 29.8 Å². The summed E-state index contributed by atoms with van der Waals surface area (Å²) in [5.74, 6) is -1.07. The zero-order valence-corrected chi connectivity index (χ0v) is 11.4. The zero-order chi connectivity index (χ0) is 14.4. The lowest BCUT2D eigenvalue weighted by Gasteiger charge is -2.23. The molecule has 1 rings (SSSR count). The van der Waals surface area contributed by atoms with E-state index in [1.54, 1.807) is 31.2 Å². The van der Waals surface area contributed by atoms with E-state index < -0.39 is 11.9 Å². The second kappa shape index (κ2) is 6.78. The molecular weight excluding hydrogens is 246 g/mol. The van der Waals surface area contributed by atoms with E-state index in [1.165, 1.54) is 12.0 Å². The van der Waals surface area contributed by atoms with Crippen LogP contribution in [0.25, 0.3) is 0 Å². The van der Waals surface area contributed by atoms with Crippen LogP contribution in [0.2, 0.25) is 0 Å². The molecule has 0 spiro atoms. The summed E-state index contributed by atoms with van der Waals surface area (Å²) in [4.78, 5) is 24.7. The fraction of sp³-hybridized carbons (Fsp3) is 0.429. The lowest BCUT2D eigenvalue weighted by Crippen LogP contribution is -2.36. The van der Waals surface area contributed by atoms with Crippen molar-refractivity contribution in [2.45, 2.75) is 13.8 Å². The molecule has 0 aliphatic carbocycles. The Hall–Kier alpha value is -2.04. The Morgan fingerprint density at radius 3 is 2.63 bits per heavy atom. The number of methoxy groups -OCH3 is 1. The Morgan fingerprint density at radius 2 is 2.11 bits per heavy atom. The molecular formula is C14H19NO4. The molecule has 0 aliphatic rings. The summed E-state index contributed by atoms with van der Waals surface area (Å²) in [5.41, 5.74) is 0.499. The number of carboxylic acid groups (broad SMARTS) is 1. The standard InChI is InChI=1S/C14H19NO4/c1-4-15(9-10(2)14(17)18)13(16)11-6-5-7-12(8-11)19-3/h5-8,10H,4,9H2,1-3H3,(H,17,18). The molecule has 0 aromatic heterocycles. The third-order valence-corrected chi connectivity index (χ3v) is 2.90. The molecule has 1 N–H and O–H groups in total. The smallest absolute Gasteiger partial charge is 0.308 e. The number of aliphatic carboxylic acids is 1. The van der Waals surface area contributed by atoms with Crippen LogP contribution in [0.5, 0.6) is 5.75 Å². The molecule has 19 heavy (non-hydrogen) atoms. The van der Waals surface area contributed by atoms with Gasteiger partial charge in [-0.05, 0) is 25.1 Å². The van der Waals surface area contributed by atoms with Crippen LogP contribution in [-0.4, -0.2) is 42.1 Å². The highest BCUT2D eigenvalue weighted by Gasteiger charge is 2.20. The van der Waals surface area contributed by atoms with Gasteiger partial charge in [0, 0.05) is 18.7 Å². The maximum Gasteiger partial charge on any atom is 0.308 e. The number of benzene rings is 1. The summed E-state index contributed by atoms with van der Waals surface area (Å²) in [5, 5.41) is 8.90. The predicted octanol–water partition coefficient (Wildman–Crippen LogP) is 1.88. The van der Waals surface area contributed by atoms with Gasteiger partial charge in [-0.2, -0.15) is 0 Å². The number of nitrogens with zero attached hydrogens (tertiary/aromatic N) is 1. The van der Waals surface area contributed by atoms with Crippen molar-refractivity contribution < 1.29 is 19.4 Å². The Morgan fingerprint density at radius 1 is 1.42 bits per heavy atom. The van der Waals surface area contributed by atoms with Gasteiger partial charge in [-0.25, -0.2) is 0 Å². The lowest BCUT2D eigenvalue weighted by molar-refractivity contribution is -0.141. The van der Waals surface area contributed by atoms with Crippen LogP contribution >= 0.6 is 0 Å². The van der Waals surface area contributed by atoms with Gasteiger partial charge in [0.2, 0.25) is 0 Å². The molecule has 5 nitrogen and oxygen atoms in total. The number of carbonyl (C=O) groups excluding carboxylic acids is 1. The van der Waals surface area contributed by atoms with Gasteiger partial charge in [0.05, 0.1) is 13.0 Å². The van der Waals surface area contributed by atoms with Crippen molar-refractivity contribution >= 4 is 11.9 Å². The minimum Gasteiger partial charge on any atom is -0.497 e. The van der Waals surface area contributed by atoms with Crippen LogP contribution in [0.4, 0.5) is 0 Å². The van der Waals surface area contributed by atoms with Gasteiger partial charge in [-0.15, -0.1) is 0 Å². The van der Waals surface area contributed by atoms with Gasteiger partial charge in [-0.1, -0.05) is 13.0 Å². The minimum absolute atomic E-state index is 0.186. The first-order valence-electron chi connectivity index (χ1n) is 6.15. The maximum absolute atomic E-state index is 12.3. The summed E-state index contributed by atoms with van der Waals surface area (Å²) in [6.07, 6.45) is 0. The van der Waals surface area contributed by atoms with Crippen molar-refractivity contribution in [3.63, 3.8) is 0 Å². The van der Waals surface area contributed by atoms with Gasteiger partial charge < -0.3 is 14.7 Å². The van der Waals surface area contributed by atoms with E-state index in [0.29, 0.717) is 17.9 Å². The molecule has 104 valence electrons. The van der Waals surface area contributed by atoms with E-state index in [1.807, 2.05) is 6.92 Å². The van der Waals surface area contributed by atoms with E-state index in [2.05, 4.69) is 0 Å². The summed E-state index contributed by atoms with van der Waals surface area (Å²) in [7, 11) is 1.54. The number of hydrogen-bond acceptors (Lipinski definition) is 3. The van der Waals surface area contributed by atoms with Gasteiger partial charge in [0.1, 0.15) is 5.75 Å². The predicted molar refractivity (Wildman–Crippen MR) is 71.4 cm³/mol. The summed E-state index contributed by atoms with van der Waals surface area (Å²) < 4.78 is 5.07. The third-order valence-electron chi connectivity index (χ3n) is 2.90. The van der Waals surface area contributed by atoms with Crippen molar-refractivity contribution in [2.75, 3.05) is 20.2 Å². The molecule has 1 unspecified atom stereocenters. The van der Waals surface area contributed by atoms with Crippen LogP contribution in [0.1, 0.15) is 24.2 Å². The van der Waals surface area contributed by atoms with Gasteiger partial charge in [0.15, 0.2) is 0 Å². The van der Waals surface area contributed by atoms with E-state index in [-0.39, 0.29) is 12.5 Å². The molecule has 0 radical (unpaired) electrons. The molecule has 0 saturated carbocycles. The van der Waals surface area contributed by atoms with Crippen LogP contribution < -0.4 is 4.74 Å². The van der Waals surface area contributed by atoms with Crippen LogP contribution in [0.3, 0.4) is 0 Å². The van der Waals surface area contributed by atoms with Crippen molar-refractivity contribution in [2.24, 2.45) is 5.92 Å². The molecule has 0 heterocycles. The van der Waals surface area contributed by atoms with Crippen molar-refractivity contribution in [3.8, 4) is 5.75 Å². The molecule has 1 amide bonds. The third kappa shape index (κ3) is 3.98. The van der Waals surface area contributed by atoms with Crippen molar-refractivity contribution in [1.82, 2.24) is 4.90 Å². The number of rotatable bonds is 6. The first-order chi connectivity index (χ1) is 8.99. The molecule has 5 heteroatoms. The van der Waals surface area contributed by atoms with E-state index in [0.717, 1.165) is 0 Å². The Bertz CT molecular complexity index is 459. The quantitative estimate of drug-likeness (QED) is 0.852. The first-order valence-corrected chi connectivity index (χ1v) is 6.15. The monoisotopic (exact) mass is 265 g/mol. The molecule has 0 fully saturated rings. The zero-order valence-electron chi connectivity index (χ0n) is 11.4. The normalized spacial score (nSPS) is 11.7. The van der Waals surface area contributed by atoms with Crippen LogP contribution in [-0.2, 0) is 4.79 Å². The number of carboxylic acids is 1. The average Bonchev–Trinajstić information content (AvgIpc) is 2.43. The average molecular weight is 265 g/mol. The molecule has 1 aromatic rings. The fourth-order valence-electron chi connectivity index (χ4n) is 1.70. The maximum atomic E-state index is 12.3. The highest BCUT2D eigenvalue weighted by atomic mass is 16.5. The molecule has 0 aliphatic heterocycles. The summed E-state index contributed by atoms with van der Waals surface area (Å²) in [6, 6.07) is 6.84. The van der Waals surface area contributed by atoms with Gasteiger partial charge in [-0.3, -0.25) is 9.59 Å². The molecule has 1 aromatic carbocycles. The minimum atomic E-state index is -0.906. The number of ether oxygens (including phenoxy) is 1. The topological polar surface area (TPSA) is 66.8 Å². The van der Waals surface area contributed by atoms with E-state index in [4.69, 9.17) is 9.84 Å². The highest BCUT2D eigenvalue weighted by molar-refractivity contribution is 5.94. The summed E-state index contributed by atoms with van der Waals surface area (Å²) in [6.45, 7) is 4.08. The van der Waals surface area contributed by atoms with Gasteiger partial charge in [0.25, 0.3) is 5.91 Å². The first kappa shape index (κ1) is 15.0. The van der Waals surface area contributed by atoms with E-state index >= 15 is 0 Å². The SMILES string of the molecule is CCN(CC(C)C(=O)O)C(=O)c1cccc(OC)c1. The van der Waals surface area contributed by atoms with Crippen LogP contribution in [0.15, 0.2) is 24.3 Å². The fourth-order valence-corrected chi connectivity index (χ4v) is 1.70. The Kier molecular flexibility index (Phi) is 5.36. The number of carbonyl (C=O) groups is 2. The second-order valence-electron chi connectivity index (χ2n) is 4.32. The molecule has 1 atom stereocenters.